The van der Waals surface area contributed by atoms with Crippen molar-refractivity contribution >= 4 is 5.91 Å². The molecule has 4 nitrogen and oxygen atoms in total. The largest absolute Gasteiger partial charge is 0.306 e. The standard InChI is InChI=1S/C9H18N2O2/c1-2-13-11-9(12)7-10-8-5-3-4-6-8/h8,10H,2-7H2,1H3,(H,11,12). The van der Waals surface area contributed by atoms with E-state index in [1.54, 1.807) is 0 Å². The second-order valence-corrected chi connectivity index (χ2v) is 3.32. The Morgan fingerprint density at radius 3 is 2.77 bits per heavy atom. The van der Waals surface area contributed by atoms with Crippen LogP contribution < -0.4 is 10.8 Å². The van der Waals surface area contributed by atoms with Crippen LogP contribution in [-0.2, 0) is 9.63 Å². The Morgan fingerprint density at radius 2 is 2.15 bits per heavy atom. The van der Waals surface area contributed by atoms with E-state index in [0.717, 1.165) is 0 Å². The highest BCUT2D eigenvalue weighted by Crippen LogP contribution is 2.16. The van der Waals surface area contributed by atoms with E-state index in [4.69, 9.17) is 4.84 Å². The summed E-state index contributed by atoms with van der Waals surface area (Å²) < 4.78 is 0. The van der Waals surface area contributed by atoms with Crippen LogP contribution in [0, 0.1) is 0 Å². The van der Waals surface area contributed by atoms with Crippen molar-refractivity contribution in [3.8, 4) is 0 Å². The Bertz CT molecular complexity index is 156. The van der Waals surface area contributed by atoms with Crippen molar-refractivity contribution in [2.24, 2.45) is 0 Å². The summed E-state index contributed by atoms with van der Waals surface area (Å²) in [5, 5.41) is 3.20. The third-order valence-corrected chi connectivity index (χ3v) is 2.24. The zero-order valence-electron chi connectivity index (χ0n) is 8.14. The molecule has 1 aliphatic rings. The number of hydroxylamine groups is 1. The van der Waals surface area contributed by atoms with Crippen LogP contribution >= 0.6 is 0 Å². The van der Waals surface area contributed by atoms with Crippen LogP contribution in [-0.4, -0.2) is 25.1 Å². The lowest BCUT2D eigenvalue weighted by atomic mass is 10.2. The van der Waals surface area contributed by atoms with Crippen LogP contribution in [0.5, 0.6) is 0 Å². The number of hydrogen-bond acceptors (Lipinski definition) is 3. The third-order valence-electron chi connectivity index (χ3n) is 2.24. The molecule has 76 valence electrons. The average Bonchev–Trinajstić information content (AvgIpc) is 2.64. The molecule has 0 spiro atoms. The molecule has 0 saturated heterocycles. The number of carbonyl (C=O) groups excluding carboxylic acids is 1. The highest BCUT2D eigenvalue weighted by Gasteiger charge is 2.14. The molecule has 0 bridgehead atoms. The molecule has 0 radical (unpaired) electrons. The first kappa shape index (κ1) is 10.5. The lowest BCUT2D eigenvalue weighted by molar-refractivity contribution is -0.132. The van der Waals surface area contributed by atoms with Crippen LogP contribution in [0.15, 0.2) is 0 Å². The summed E-state index contributed by atoms with van der Waals surface area (Å²) in [5.74, 6) is -0.0891. The minimum absolute atomic E-state index is 0.0891. The summed E-state index contributed by atoms with van der Waals surface area (Å²) in [7, 11) is 0. The van der Waals surface area contributed by atoms with Gasteiger partial charge in [-0.05, 0) is 19.8 Å². The van der Waals surface area contributed by atoms with E-state index in [1.807, 2.05) is 6.92 Å². The molecule has 2 N–H and O–H groups in total. The lowest BCUT2D eigenvalue weighted by Gasteiger charge is -2.10. The third kappa shape index (κ3) is 4.24. The van der Waals surface area contributed by atoms with E-state index in [9.17, 15) is 4.79 Å². The van der Waals surface area contributed by atoms with Crippen molar-refractivity contribution in [3.05, 3.63) is 0 Å². The molecule has 4 heteroatoms. The van der Waals surface area contributed by atoms with Gasteiger partial charge < -0.3 is 5.32 Å². The summed E-state index contributed by atoms with van der Waals surface area (Å²) in [6.07, 6.45) is 4.96. The molecule has 1 saturated carbocycles. The van der Waals surface area contributed by atoms with Gasteiger partial charge in [-0.2, -0.15) is 0 Å². The fourth-order valence-electron chi connectivity index (χ4n) is 1.56. The first-order chi connectivity index (χ1) is 6.33. The number of amides is 1. The second kappa shape index (κ2) is 5.94. The molecule has 1 rings (SSSR count). The maximum atomic E-state index is 11.1. The first-order valence-electron chi connectivity index (χ1n) is 4.97. The molecule has 0 aliphatic heterocycles. The van der Waals surface area contributed by atoms with Crippen LogP contribution in [0.2, 0.25) is 0 Å². The van der Waals surface area contributed by atoms with Crippen molar-refractivity contribution in [1.29, 1.82) is 0 Å². The summed E-state index contributed by atoms with van der Waals surface area (Å²) in [5.41, 5.74) is 2.35. The van der Waals surface area contributed by atoms with Crippen molar-refractivity contribution < 1.29 is 9.63 Å². The predicted molar refractivity (Wildman–Crippen MR) is 50.0 cm³/mol. The summed E-state index contributed by atoms with van der Waals surface area (Å²) in [6, 6.07) is 0.535. The summed E-state index contributed by atoms with van der Waals surface area (Å²) in [6.45, 7) is 2.71. The molecule has 13 heavy (non-hydrogen) atoms. The zero-order valence-corrected chi connectivity index (χ0v) is 8.14. The van der Waals surface area contributed by atoms with Crippen LogP contribution in [0.3, 0.4) is 0 Å². The van der Waals surface area contributed by atoms with Crippen LogP contribution in [0.1, 0.15) is 32.6 Å². The fraction of sp³-hybridized carbons (Fsp3) is 0.889. The molecule has 0 aromatic carbocycles. The fourth-order valence-corrected chi connectivity index (χ4v) is 1.56. The number of rotatable bonds is 5. The van der Waals surface area contributed by atoms with Gasteiger partial charge in [0.1, 0.15) is 0 Å². The topological polar surface area (TPSA) is 50.4 Å². The predicted octanol–water partition coefficient (Wildman–Crippen LogP) is 0.586. The van der Waals surface area contributed by atoms with Gasteiger partial charge in [0.15, 0.2) is 0 Å². The lowest BCUT2D eigenvalue weighted by Crippen LogP contribution is -2.38. The van der Waals surface area contributed by atoms with Gasteiger partial charge in [0.05, 0.1) is 13.2 Å². The minimum atomic E-state index is -0.0891. The summed E-state index contributed by atoms with van der Waals surface area (Å²) >= 11 is 0. The maximum Gasteiger partial charge on any atom is 0.257 e. The van der Waals surface area contributed by atoms with Gasteiger partial charge in [-0.15, -0.1) is 0 Å². The molecular weight excluding hydrogens is 168 g/mol. The maximum absolute atomic E-state index is 11.1. The molecule has 0 aromatic heterocycles. The van der Waals surface area contributed by atoms with E-state index in [-0.39, 0.29) is 5.91 Å². The second-order valence-electron chi connectivity index (χ2n) is 3.32. The molecule has 1 aliphatic carbocycles. The van der Waals surface area contributed by atoms with E-state index in [1.165, 1.54) is 25.7 Å². The monoisotopic (exact) mass is 186 g/mol. The smallest absolute Gasteiger partial charge is 0.257 e. The Kier molecular flexibility index (Phi) is 4.78. The van der Waals surface area contributed by atoms with Gasteiger partial charge in [0, 0.05) is 6.04 Å². The Hall–Kier alpha value is -0.610. The normalized spacial score (nSPS) is 17.6. The minimum Gasteiger partial charge on any atom is -0.306 e. The van der Waals surface area contributed by atoms with Crippen molar-refractivity contribution in [3.63, 3.8) is 0 Å². The molecule has 0 heterocycles. The van der Waals surface area contributed by atoms with E-state index in [0.29, 0.717) is 19.2 Å². The molecule has 0 atom stereocenters. The molecule has 1 amide bonds. The van der Waals surface area contributed by atoms with Crippen LogP contribution in [0.4, 0.5) is 0 Å². The number of nitrogens with one attached hydrogen (secondary N) is 2. The van der Waals surface area contributed by atoms with Crippen molar-refractivity contribution in [1.82, 2.24) is 10.8 Å². The highest BCUT2D eigenvalue weighted by molar-refractivity contribution is 5.76. The van der Waals surface area contributed by atoms with E-state index < -0.39 is 0 Å². The van der Waals surface area contributed by atoms with Crippen LogP contribution in [0.25, 0.3) is 0 Å². The van der Waals surface area contributed by atoms with E-state index in [2.05, 4.69) is 10.8 Å². The Labute approximate surface area is 79.0 Å². The van der Waals surface area contributed by atoms with Gasteiger partial charge in [0.25, 0.3) is 5.91 Å². The van der Waals surface area contributed by atoms with Crippen molar-refractivity contribution in [2.45, 2.75) is 38.6 Å². The number of carbonyl (C=O) groups is 1. The van der Waals surface area contributed by atoms with Gasteiger partial charge in [-0.1, -0.05) is 12.8 Å². The molecule has 0 aromatic rings. The van der Waals surface area contributed by atoms with E-state index >= 15 is 0 Å². The van der Waals surface area contributed by atoms with Gasteiger partial charge in [-0.25, -0.2) is 5.48 Å². The summed E-state index contributed by atoms with van der Waals surface area (Å²) in [4.78, 5) is 15.8. The first-order valence-corrected chi connectivity index (χ1v) is 4.97. The molecular formula is C9H18N2O2. The molecule has 1 fully saturated rings. The Balaban J connectivity index is 2.00. The highest BCUT2D eigenvalue weighted by atomic mass is 16.6. The SMILES string of the molecule is CCONC(=O)CNC1CCCC1. The average molecular weight is 186 g/mol. The van der Waals surface area contributed by atoms with Gasteiger partial charge in [0.2, 0.25) is 0 Å². The zero-order chi connectivity index (χ0) is 9.52. The van der Waals surface area contributed by atoms with Gasteiger partial charge >= 0.3 is 0 Å². The Morgan fingerprint density at radius 1 is 1.46 bits per heavy atom. The van der Waals surface area contributed by atoms with Crippen molar-refractivity contribution in [2.75, 3.05) is 13.2 Å². The molecule has 0 unspecified atom stereocenters. The number of hydrogen-bond donors (Lipinski definition) is 2. The quantitative estimate of drug-likeness (QED) is 0.618. The van der Waals surface area contributed by atoms with Gasteiger partial charge in [-0.3, -0.25) is 9.63 Å².